The Kier molecular flexibility index (Phi) is 5.23. The maximum atomic E-state index is 5.23. The number of ether oxygens (including phenoxy) is 2. The lowest BCUT2D eigenvalue weighted by atomic mass is 10.1. The Balaban J connectivity index is 2.82. The third-order valence-corrected chi connectivity index (χ3v) is 2.40. The summed E-state index contributed by atoms with van der Waals surface area (Å²) in [5, 5.41) is 0. The second-order valence-electron chi connectivity index (χ2n) is 4.03. The van der Waals surface area contributed by atoms with Gasteiger partial charge in [0.05, 0.1) is 0 Å². The largest absolute Gasteiger partial charge is 0.352 e. The van der Waals surface area contributed by atoms with Crippen LogP contribution in [-0.4, -0.2) is 14.2 Å². The number of allylic oxidation sites excluding steroid dienone is 2. The molecule has 88 valence electrons. The zero-order valence-electron chi connectivity index (χ0n) is 10.5. The van der Waals surface area contributed by atoms with Gasteiger partial charge in [-0.25, -0.2) is 0 Å². The van der Waals surface area contributed by atoms with Crippen LogP contribution in [0.2, 0.25) is 0 Å². The number of rotatable bonds is 5. The van der Waals surface area contributed by atoms with Crippen molar-refractivity contribution in [2.24, 2.45) is 0 Å². The van der Waals surface area contributed by atoms with Crippen LogP contribution in [-0.2, 0) is 15.9 Å². The molecule has 1 rings (SSSR count). The van der Waals surface area contributed by atoms with Gasteiger partial charge in [-0.05, 0) is 25.8 Å². The first-order chi connectivity index (χ1) is 7.67. The topological polar surface area (TPSA) is 18.5 Å². The molecular formula is C14H20O2. The van der Waals surface area contributed by atoms with E-state index in [1.165, 1.54) is 11.1 Å². The molecule has 0 saturated carbocycles. The molecule has 0 aliphatic carbocycles. The SMILES string of the molecule is COC(OC)c1cccc(CC=C(C)C)c1. The molecule has 0 atom stereocenters. The van der Waals surface area contributed by atoms with Crippen LogP contribution in [0.3, 0.4) is 0 Å². The van der Waals surface area contributed by atoms with Gasteiger partial charge in [0.1, 0.15) is 0 Å². The summed E-state index contributed by atoms with van der Waals surface area (Å²) in [6.45, 7) is 4.22. The lowest BCUT2D eigenvalue weighted by molar-refractivity contribution is -0.106. The summed E-state index contributed by atoms with van der Waals surface area (Å²) in [6, 6.07) is 8.29. The van der Waals surface area contributed by atoms with Crippen molar-refractivity contribution in [1.29, 1.82) is 0 Å². The van der Waals surface area contributed by atoms with Gasteiger partial charge in [-0.2, -0.15) is 0 Å². The van der Waals surface area contributed by atoms with Crippen LogP contribution in [0, 0.1) is 0 Å². The summed E-state index contributed by atoms with van der Waals surface area (Å²) >= 11 is 0. The van der Waals surface area contributed by atoms with Crippen LogP contribution in [0.1, 0.15) is 31.3 Å². The standard InChI is InChI=1S/C14H20O2/c1-11(2)8-9-12-6-5-7-13(10-12)14(15-3)16-4/h5-8,10,14H,9H2,1-4H3. The molecule has 0 unspecified atom stereocenters. The summed E-state index contributed by atoms with van der Waals surface area (Å²) in [6.07, 6.45) is 2.90. The fourth-order valence-electron chi connectivity index (χ4n) is 1.56. The highest BCUT2D eigenvalue weighted by Gasteiger charge is 2.08. The Hall–Kier alpha value is -1.12. The zero-order valence-corrected chi connectivity index (χ0v) is 10.5. The van der Waals surface area contributed by atoms with Crippen molar-refractivity contribution in [2.45, 2.75) is 26.6 Å². The van der Waals surface area contributed by atoms with E-state index in [-0.39, 0.29) is 6.29 Å². The Morgan fingerprint density at radius 1 is 1.25 bits per heavy atom. The smallest absolute Gasteiger partial charge is 0.183 e. The van der Waals surface area contributed by atoms with Gasteiger partial charge in [0.15, 0.2) is 6.29 Å². The Morgan fingerprint density at radius 2 is 1.94 bits per heavy atom. The molecule has 0 N–H and O–H groups in total. The molecule has 0 heterocycles. The fourth-order valence-corrected chi connectivity index (χ4v) is 1.56. The molecule has 0 spiro atoms. The highest BCUT2D eigenvalue weighted by Crippen LogP contribution is 2.18. The van der Waals surface area contributed by atoms with Crippen LogP contribution in [0.25, 0.3) is 0 Å². The van der Waals surface area contributed by atoms with Gasteiger partial charge in [0.2, 0.25) is 0 Å². The van der Waals surface area contributed by atoms with Gasteiger partial charge >= 0.3 is 0 Å². The van der Waals surface area contributed by atoms with E-state index in [1.54, 1.807) is 14.2 Å². The summed E-state index contributed by atoms with van der Waals surface area (Å²) < 4.78 is 10.5. The molecule has 2 heteroatoms. The van der Waals surface area contributed by atoms with E-state index < -0.39 is 0 Å². The molecular weight excluding hydrogens is 200 g/mol. The maximum Gasteiger partial charge on any atom is 0.183 e. The van der Waals surface area contributed by atoms with Crippen LogP contribution in [0.4, 0.5) is 0 Å². The van der Waals surface area contributed by atoms with Crippen molar-refractivity contribution >= 4 is 0 Å². The lowest BCUT2D eigenvalue weighted by Crippen LogP contribution is -2.03. The zero-order chi connectivity index (χ0) is 12.0. The average molecular weight is 220 g/mol. The summed E-state index contributed by atoms with van der Waals surface area (Å²) in [4.78, 5) is 0. The average Bonchev–Trinajstić information content (AvgIpc) is 2.29. The van der Waals surface area contributed by atoms with Crippen LogP contribution in [0.15, 0.2) is 35.9 Å². The molecule has 0 aliphatic rings. The van der Waals surface area contributed by atoms with Crippen LogP contribution < -0.4 is 0 Å². The van der Waals surface area contributed by atoms with Crippen molar-refractivity contribution < 1.29 is 9.47 Å². The van der Waals surface area contributed by atoms with Gasteiger partial charge in [-0.15, -0.1) is 0 Å². The van der Waals surface area contributed by atoms with Gasteiger partial charge in [-0.3, -0.25) is 0 Å². The van der Waals surface area contributed by atoms with Crippen molar-refractivity contribution in [3.63, 3.8) is 0 Å². The van der Waals surface area contributed by atoms with Gasteiger partial charge in [0, 0.05) is 19.8 Å². The van der Waals surface area contributed by atoms with E-state index in [1.807, 2.05) is 12.1 Å². The van der Waals surface area contributed by atoms with E-state index in [4.69, 9.17) is 9.47 Å². The molecule has 0 radical (unpaired) electrons. The van der Waals surface area contributed by atoms with Crippen LogP contribution in [0.5, 0.6) is 0 Å². The molecule has 1 aromatic carbocycles. The first-order valence-electron chi connectivity index (χ1n) is 5.45. The molecule has 0 aliphatic heterocycles. The Labute approximate surface area is 97.9 Å². The quantitative estimate of drug-likeness (QED) is 0.558. The molecule has 16 heavy (non-hydrogen) atoms. The molecule has 0 bridgehead atoms. The Morgan fingerprint density at radius 3 is 2.50 bits per heavy atom. The number of benzene rings is 1. The first kappa shape index (κ1) is 12.9. The highest BCUT2D eigenvalue weighted by atomic mass is 16.7. The molecule has 0 fully saturated rings. The lowest BCUT2D eigenvalue weighted by Gasteiger charge is -2.14. The normalized spacial score (nSPS) is 10.6. The predicted molar refractivity (Wildman–Crippen MR) is 66.3 cm³/mol. The highest BCUT2D eigenvalue weighted by molar-refractivity contribution is 5.26. The number of hydrogen-bond donors (Lipinski definition) is 0. The fraction of sp³-hybridized carbons (Fsp3) is 0.429. The maximum absolute atomic E-state index is 5.23. The van der Waals surface area contributed by atoms with Gasteiger partial charge in [-0.1, -0.05) is 35.9 Å². The van der Waals surface area contributed by atoms with E-state index >= 15 is 0 Å². The van der Waals surface area contributed by atoms with E-state index in [2.05, 4.69) is 32.1 Å². The van der Waals surface area contributed by atoms with E-state index in [0.29, 0.717) is 0 Å². The van der Waals surface area contributed by atoms with Gasteiger partial charge < -0.3 is 9.47 Å². The molecule has 1 aromatic rings. The summed E-state index contributed by atoms with van der Waals surface area (Å²) in [7, 11) is 3.30. The first-order valence-corrected chi connectivity index (χ1v) is 5.45. The predicted octanol–water partition coefficient (Wildman–Crippen LogP) is 3.49. The molecule has 2 nitrogen and oxygen atoms in total. The third-order valence-electron chi connectivity index (χ3n) is 2.40. The molecule has 0 aromatic heterocycles. The Bertz CT molecular complexity index is 348. The van der Waals surface area contributed by atoms with Crippen molar-refractivity contribution in [1.82, 2.24) is 0 Å². The third kappa shape index (κ3) is 3.80. The number of methoxy groups -OCH3 is 2. The molecule has 0 saturated heterocycles. The van der Waals surface area contributed by atoms with Crippen molar-refractivity contribution in [3.05, 3.63) is 47.0 Å². The summed E-state index contributed by atoms with van der Waals surface area (Å²) in [5.74, 6) is 0. The van der Waals surface area contributed by atoms with Gasteiger partial charge in [0.25, 0.3) is 0 Å². The van der Waals surface area contributed by atoms with Crippen molar-refractivity contribution in [2.75, 3.05) is 14.2 Å². The van der Waals surface area contributed by atoms with E-state index in [9.17, 15) is 0 Å². The minimum Gasteiger partial charge on any atom is -0.352 e. The monoisotopic (exact) mass is 220 g/mol. The summed E-state index contributed by atoms with van der Waals surface area (Å²) in [5.41, 5.74) is 3.67. The second kappa shape index (κ2) is 6.46. The minimum atomic E-state index is -0.272. The molecule has 0 amide bonds. The van der Waals surface area contributed by atoms with E-state index in [0.717, 1.165) is 12.0 Å². The minimum absolute atomic E-state index is 0.272. The van der Waals surface area contributed by atoms with Crippen LogP contribution >= 0.6 is 0 Å². The second-order valence-corrected chi connectivity index (χ2v) is 4.03. The van der Waals surface area contributed by atoms with Crippen molar-refractivity contribution in [3.8, 4) is 0 Å². The number of hydrogen-bond acceptors (Lipinski definition) is 2.